The average molecular weight is 304 g/mol. The summed E-state index contributed by atoms with van der Waals surface area (Å²) in [6.07, 6.45) is 1.06. The molecule has 0 spiro atoms. The summed E-state index contributed by atoms with van der Waals surface area (Å²) in [6, 6.07) is 7.82. The molecular weight excluding hydrogens is 287 g/mol. The molecule has 2 aliphatic carbocycles. The number of aliphatic carboxylic acids is 1. The molecule has 0 unspecified atom stereocenters. The van der Waals surface area contributed by atoms with Gasteiger partial charge >= 0.3 is 5.97 Å². The molecule has 0 aromatic heterocycles. The number of alkyl halides is 1. The number of carboxylic acid groups (broad SMARTS) is 1. The number of piperidine rings is 1. The summed E-state index contributed by atoms with van der Waals surface area (Å²) >= 11 is 0. The van der Waals surface area contributed by atoms with Gasteiger partial charge in [0.25, 0.3) is 0 Å². The number of nitrogens with two attached hydrogens (primary N) is 1. The summed E-state index contributed by atoms with van der Waals surface area (Å²) < 4.78 is 15.6. The van der Waals surface area contributed by atoms with Crippen LogP contribution in [0.3, 0.4) is 0 Å². The fourth-order valence-electron chi connectivity index (χ4n) is 4.64. The molecular formula is C16H17FN2O3. The number of hydrogen-bond donors (Lipinski definition) is 3. The van der Waals surface area contributed by atoms with E-state index in [2.05, 4.69) is 5.32 Å². The fourth-order valence-corrected chi connectivity index (χ4v) is 4.64. The highest BCUT2D eigenvalue weighted by molar-refractivity contribution is 5.90. The Balaban J connectivity index is 1.74. The van der Waals surface area contributed by atoms with Crippen molar-refractivity contribution in [2.45, 2.75) is 36.5 Å². The number of nitrogens with one attached hydrogen (secondary N) is 1. The Bertz CT molecular complexity index is 681. The molecule has 1 heterocycles. The second-order valence-electron chi connectivity index (χ2n) is 6.76. The third kappa shape index (κ3) is 1.36. The molecule has 4 rings (SSSR count). The molecule has 2 saturated carbocycles. The maximum atomic E-state index is 15.6. The van der Waals surface area contributed by atoms with Crippen LogP contribution in [0.5, 0.6) is 0 Å². The summed E-state index contributed by atoms with van der Waals surface area (Å²) in [5.41, 5.74) is 2.09. The number of carboxylic acids is 1. The maximum Gasteiger partial charge on any atom is 0.320 e. The van der Waals surface area contributed by atoms with Crippen molar-refractivity contribution in [3.05, 3.63) is 35.9 Å². The highest BCUT2D eigenvalue weighted by atomic mass is 19.1. The van der Waals surface area contributed by atoms with E-state index >= 15 is 4.39 Å². The Morgan fingerprint density at radius 2 is 2.00 bits per heavy atom. The van der Waals surface area contributed by atoms with Gasteiger partial charge in [0.1, 0.15) is 11.5 Å². The van der Waals surface area contributed by atoms with Crippen LogP contribution in [0.25, 0.3) is 0 Å². The van der Waals surface area contributed by atoms with Gasteiger partial charge in [0, 0.05) is 12.0 Å². The van der Waals surface area contributed by atoms with Gasteiger partial charge in [-0.3, -0.25) is 14.9 Å². The van der Waals surface area contributed by atoms with Crippen LogP contribution in [0, 0.1) is 11.3 Å². The second-order valence-corrected chi connectivity index (χ2v) is 6.76. The monoisotopic (exact) mass is 304 g/mol. The fraction of sp³-hybridized carbons (Fsp3) is 0.500. The minimum Gasteiger partial charge on any atom is -0.480 e. The Morgan fingerprint density at radius 1 is 1.32 bits per heavy atom. The van der Waals surface area contributed by atoms with Gasteiger partial charge in [0.15, 0.2) is 5.67 Å². The van der Waals surface area contributed by atoms with Gasteiger partial charge in [-0.05, 0) is 24.3 Å². The summed E-state index contributed by atoms with van der Waals surface area (Å²) in [4.78, 5) is 23.3. The number of primary amides is 1. The van der Waals surface area contributed by atoms with E-state index in [1.165, 1.54) is 0 Å². The van der Waals surface area contributed by atoms with E-state index in [0.29, 0.717) is 18.4 Å². The molecule has 116 valence electrons. The molecule has 6 heteroatoms. The van der Waals surface area contributed by atoms with Crippen LogP contribution in [0.4, 0.5) is 4.39 Å². The predicted octanol–water partition coefficient (Wildman–Crippen LogP) is 0.932. The molecule has 1 aromatic carbocycles. The van der Waals surface area contributed by atoms with E-state index in [1.807, 2.05) is 0 Å². The summed E-state index contributed by atoms with van der Waals surface area (Å²) in [5.74, 6) is -1.64. The maximum absolute atomic E-state index is 15.6. The van der Waals surface area contributed by atoms with E-state index < -0.39 is 34.5 Å². The van der Waals surface area contributed by atoms with Crippen LogP contribution in [-0.2, 0) is 15.3 Å². The number of amides is 1. The van der Waals surface area contributed by atoms with Crippen molar-refractivity contribution in [1.29, 1.82) is 0 Å². The number of hydrogen-bond acceptors (Lipinski definition) is 3. The highest BCUT2D eigenvalue weighted by Gasteiger charge is 2.88. The summed E-state index contributed by atoms with van der Waals surface area (Å²) in [5, 5.41) is 12.2. The molecule has 1 saturated heterocycles. The third-order valence-electron chi connectivity index (χ3n) is 5.83. The highest BCUT2D eigenvalue weighted by Crippen LogP contribution is 2.79. The van der Waals surface area contributed by atoms with Gasteiger partial charge in [-0.25, -0.2) is 4.39 Å². The van der Waals surface area contributed by atoms with Gasteiger partial charge in [-0.2, -0.15) is 0 Å². The second kappa shape index (κ2) is 3.87. The number of fused-ring (bicyclic) bond motifs is 1. The Morgan fingerprint density at radius 3 is 2.55 bits per heavy atom. The quantitative estimate of drug-likeness (QED) is 0.771. The molecule has 0 bridgehead atoms. The normalized spacial score (nSPS) is 45.1. The Hall–Kier alpha value is -1.95. The predicted molar refractivity (Wildman–Crippen MR) is 75.5 cm³/mol. The van der Waals surface area contributed by atoms with Crippen LogP contribution in [-0.4, -0.2) is 28.6 Å². The molecule has 3 aliphatic rings. The zero-order chi connectivity index (χ0) is 15.8. The lowest BCUT2D eigenvalue weighted by molar-refractivity contribution is -0.140. The molecule has 3 fully saturated rings. The average Bonchev–Trinajstić information content (AvgIpc) is 3.33. The molecule has 5 nitrogen and oxygen atoms in total. The van der Waals surface area contributed by atoms with Crippen molar-refractivity contribution in [2.24, 2.45) is 17.1 Å². The van der Waals surface area contributed by atoms with Gasteiger partial charge in [0.2, 0.25) is 5.91 Å². The van der Waals surface area contributed by atoms with E-state index in [-0.39, 0.29) is 12.3 Å². The number of halogens is 1. The van der Waals surface area contributed by atoms with Gasteiger partial charge in [0.05, 0.1) is 0 Å². The lowest BCUT2D eigenvalue weighted by atomic mass is 9.85. The van der Waals surface area contributed by atoms with Crippen LogP contribution in [0.2, 0.25) is 0 Å². The number of carbonyl (C=O) groups excluding carboxylic acids is 1. The first-order valence-corrected chi connectivity index (χ1v) is 7.42. The molecule has 5 atom stereocenters. The first-order valence-electron chi connectivity index (χ1n) is 7.42. The van der Waals surface area contributed by atoms with Crippen LogP contribution >= 0.6 is 0 Å². The topological polar surface area (TPSA) is 92.4 Å². The molecule has 1 amide bonds. The van der Waals surface area contributed by atoms with Crippen LogP contribution in [0.15, 0.2) is 30.3 Å². The van der Waals surface area contributed by atoms with Crippen molar-refractivity contribution in [3.8, 4) is 0 Å². The van der Waals surface area contributed by atoms with Gasteiger partial charge in [-0.1, -0.05) is 30.3 Å². The van der Waals surface area contributed by atoms with E-state index in [9.17, 15) is 9.59 Å². The van der Waals surface area contributed by atoms with Gasteiger partial charge < -0.3 is 10.8 Å². The zero-order valence-electron chi connectivity index (χ0n) is 11.9. The minimum atomic E-state index is -1.81. The van der Waals surface area contributed by atoms with Crippen molar-refractivity contribution in [2.75, 3.05) is 0 Å². The number of rotatable bonds is 4. The SMILES string of the molecule is NC(=O)[C@@]1([C@]23C[C@@H]2C[C@@H](C(=O)O)N3)C[C@]1(F)c1ccccc1. The molecule has 1 aromatic rings. The molecule has 22 heavy (non-hydrogen) atoms. The van der Waals surface area contributed by atoms with Crippen molar-refractivity contribution in [1.82, 2.24) is 5.32 Å². The molecule has 1 aliphatic heterocycles. The Labute approximate surface area is 126 Å². The lowest BCUT2D eigenvalue weighted by Gasteiger charge is -2.28. The molecule has 0 radical (unpaired) electrons. The Kier molecular flexibility index (Phi) is 2.41. The van der Waals surface area contributed by atoms with Crippen molar-refractivity contribution in [3.63, 3.8) is 0 Å². The molecule has 4 N–H and O–H groups in total. The zero-order valence-corrected chi connectivity index (χ0v) is 11.9. The van der Waals surface area contributed by atoms with Crippen LogP contribution < -0.4 is 11.1 Å². The third-order valence-corrected chi connectivity index (χ3v) is 5.83. The first kappa shape index (κ1) is 13.7. The van der Waals surface area contributed by atoms with E-state index in [4.69, 9.17) is 10.8 Å². The van der Waals surface area contributed by atoms with E-state index in [0.717, 1.165) is 0 Å². The van der Waals surface area contributed by atoms with Crippen molar-refractivity contribution >= 4 is 11.9 Å². The smallest absolute Gasteiger partial charge is 0.320 e. The standard InChI is InChI=1S/C16H17FN2O3/c17-15(9-4-2-1-3-5-9)8-14(15,13(18)22)16-7-10(16)6-11(19-16)12(20)21/h1-5,10-11,19H,6-8H2,(H2,18,22)(H,20,21)/t10-,11-,14-,15-,16-/m0/s1. The summed E-state index contributed by atoms with van der Waals surface area (Å²) in [6.45, 7) is 0. The number of carbonyl (C=O) groups is 2. The van der Waals surface area contributed by atoms with Crippen molar-refractivity contribution < 1.29 is 19.1 Å². The first-order chi connectivity index (χ1) is 10.4. The largest absolute Gasteiger partial charge is 0.480 e. The van der Waals surface area contributed by atoms with Gasteiger partial charge in [-0.15, -0.1) is 0 Å². The summed E-state index contributed by atoms with van der Waals surface area (Å²) in [7, 11) is 0. The van der Waals surface area contributed by atoms with E-state index in [1.54, 1.807) is 30.3 Å². The minimum absolute atomic E-state index is 0.00226. The lowest BCUT2D eigenvalue weighted by Crippen LogP contribution is -2.52. The number of benzene rings is 1. The van der Waals surface area contributed by atoms with Crippen LogP contribution in [0.1, 0.15) is 24.8 Å².